The summed E-state index contributed by atoms with van der Waals surface area (Å²) in [6.45, 7) is 1.77. The summed E-state index contributed by atoms with van der Waals surface area (Å²) in [6.07, 6.45) is 1.55. The van der Waals surface area contributed by atoms with Gasteiger partial charge in [0.05, 0.1) is 18.4 Å². The summed E-state index contributed by atoms with van der Waals surface area (Å²) in [7, 11) is 1.43. The molecule has 0 radical (unpaired) electrons. The van der Waals surface area contributed by atoms with Crippen LogP contribution < -0.4 is 4.74 Å². The third-order valence-corrected chi connectivity index (χ3v) is 3.43. The zero-order valence-corrected chi connectivity index (χ0v) is 11.0. The molecule has 5 nitrogen and oxygen atoms in total. The van der Waals surface area contributed by atoms with Gasteiger partial charge in [0, 0.05) is 22.8 Å². The monoisotopic (exact) mass is 272 g/mol. The van der Waals surface area contributed by atoms with Crippen molar-refractivity contribution in [1.29, 1.82) is 0 Å². The molecule has 1 aliphatic heterocycles. The minimum Gasteiger partial charge on any atom is -0.507 e. The number of carbonyl (C=O) groups excluding carboxylic acids is 2. The molecule has 0 aromatic heterocycles. The Bertz CT molecular complexity index is 709. The van der Waals surface area contributed by atoms with Crippen LogP contribution in [0.3, 0.4) is 0 Å². The van der Waals surface area contributed by atoms with Crippen molar-refractivity contribution in [3.05, 3.63) is 46.2 Å². The van der Waals surface area contributed by atoms with Crippen LogP contribution in [0, 0.1) is 0 Å². The van der Waals surface area contributed by atoms with Gasteiger partial charge < -0.3 is 14.6 Å². The standard InChI is InChI=1S/C15H12O5/c1-7-3-9-11(6-20-7)15(18)13-10(14(9)17)4-8(19-2)5-12(13)16/h3-5,16H,6H2,1-2H3. The lowest BCUT2D eigenvalue weighted by Crippen LogP contribution is -2.26. The maximum atomic E-state index is 12.5. The fraction of sp³-hybridized carbons (Fsp3) is 0.200. The molecule has 0 saturated carbocycles. The van der Waals surface area contributed by atoms with Gasteiger partial charge in [-0.3, -0.25) is 9.59 Å². The van der Waals surface area contributed by atoms with Gasteiger partial charge in [0.25, 0.3) is 0 Å². The summed E-state index contributed by atoms with van der Waals surface area (Å²) in [6, 6.07) is 2.79. The lowest BCUT2D eigenvalue weighted by atomic mass is 9.82. The quantitative estimate of drug-likeness (QED) is 0.846. The topological polar surface area (TPSA) is 72.8 Å². The van der Waals surface area contributed by atoms with Crippen LogP contribution in [0.25, 0.3) is 0 Å². The number of phenols is 1. The van der Waals surface area contributed by atoms with Gasteiger partial charge in [0.15, 0.2) is 11.6 Å². The molecule has 3 rings (SSSR count). The molecule has 0 atom stereocenters. The largest absolute Gasteiger partial charge is 0.507 e. The second-order valence-corrected chi connectivity index (χ2v) is 4.66. The van der Waals surface area contributed by atoms with Crippen molar-refractivity contribution in [3.63, 3.8) is 0 Å². The number of methoxy groups -OCH3 is 1. The van der Waals surface area contributed by atoms with E-state index in [0.29, 0.717) is 17.1 Å². The fourth-order valence-corrected chi connectivity index (χ4v) is 2.42. The van der Waals surface area contributed by atoms with Crippen LogP contribution in [0.4, 0.5) is 0 Å². The molecule has 2 aliphatic rings. The molecule has 1 N–H and O–H groups in total. The van der Waals surface area contributed by atoms with Crippen LogP contribution in [0.1, 0.15) is 27.6 Å². The van der Waals surface area contributed by atoms with Crippen LogP contribution in [0.2, 0.25) is 0 Å². The van der Waals surface area contributed by atoms with Crippen molar-refractivity contribution < 1.29 is 24.2 Å². The Kier molecular flexibility index (Phi) is 2.64. The number of carbonyl (C=O) groups is 2. The molecule has 0 unspecified atom stereocenters. The van der Waals surface area contributed by atoms with E-state index in [9.17, 15) is 14.7 Å². The van der Waals surface area contributed by atoms with Gasteiger partial charge in [0.1, 0.15) is 18.1 Å². The highest BCUT2D eigenvalue weighted by molar-refractivity contribution is 6.29. The van der Waals surface area contributed by atoms with E-state index in [1.54, 1.807) is 13.0 Å². The molecule has 1 aromatic carbocycles. The number of rotatable bonds is 1. The summed E-state index contributed by atoms with van der Waals surface area (Å²) in [4.78, 5) is 24.9. The number of ether oxygens (including phenoxy) is 2. The number of phenolic OH excluding ortho intramolecular Hbond substituents is 1. The van der Waals surface area contributed by atoms with E-state index < -0.39 is 0 Å². The van der Waals surface area contributed by atoms with Crippen molar-refractivity contribution in [2.24, 2.45) is 0 Å². The van der Waals surface area contributed by atoms with E-state index in [0.717, 1.165) is 0 Å². The first-order valence-corrected chi connectivity index (χ1v) is 6.07. The summed E-state index contributed by atoms with van der Waals surface area (Å²) in [5.41, 5.74) is 0.801. The van der Waals surface area contributed by atoms with Crippen molar-refractivity contribution in [3.8, 4) is 11.5 Å². The molecule has 0 amide bonds. The zero-order chi connectivity index (χ0) is 14.4. The molecule has 1 aromatic rings. The average molecular weight is 272 g/mol. The smallest absolute Gasteiger partial charge is 0.197 e. The zero-order valence-electron chi connectivity index (χ0n) is 11.0. The van der Waals surface area contributed by atoms with E-state index in [1.807, 2.05) is 0 Å². The number of ketones is 2. The third kappa shape index (κ3) is 1.63. The molecule has 102 valence electrons. The second-order valence-electron chi connectivity index (χ2n) is 4.66. The van der Waals surface area contributed by atoms with Gasteiger partial charge in [-0.15, -0.1) is 0 Å². The summed E-state index contributed by atoms with van der Waals surface area (Å²) in [5.74, 6) is -0.0137. The van der Waals surface area contributed by atoms with Crippen LogP contribution in [-0.4, -0.2) is 30.4 Å². The Morgan fingerprint density at radius 2 is 2.00 bits per heavy atom. The number of aromatic hydroxyl groups is 1. The number of fused-ring (bicyclic) bond motifs is 1. The predicted octanol–water partition coefficient (Wildman–Crippen LogP) is 2.01. The Morgan fingerprint density at radius 1 is 1.25 bits per heavy atom. The van der Waals surface area contributed by atoms with Crippen molar-refractivity contribution in [1.82, 2.24) is 0 Å². The maximum Gasteiger partial charge on any atom is 0.197 e. The Balaban J connectivity index is 2.25. The number of allylic oxidation sites excluding steroid dienone is 3. The number of hydrogen-bond donors (Lipinski definition) is 1. The molecule has 5 heteroatoms. The van der Waals surface area contributed by atoms with Crippen molar-refractivity contribution in [2.45, 2.75) is 6.92 Å². The third-order valence-electron chi connectivity index (χ3n) is 3.43. The van der Waals surface area contributed by atoms with Gasteiger partial charge in [0.2, 0.25) is 0 Å². The predicted molar refractivity (Wildman–Crippen MR) is 70.1 cm³/mol. The van der Waals surface area contributed by atoms with E-state index in [4.69, 9.17) is 9.47 Å². The van der Waals surface area contributed by atoms with E-state index in [2.05, 4.69) is 0 Å². The molecular formula is C15H12O5. The van der Waals surface area contributed by atoms with Gasteiger partial charge in [-0.25, -0.2) is 0 Å². The van der Waals surface area contributed by atoms with Crippen LogP contribution in [0.15, 0.2) is 35.1 Å². The lowest BCUT2D eigenvalue weighted by molar-refractivity contribution is 0.0949. The molecule has 1 heterocycles. The highest BCUT2D eigenvalue weighted by atomic mass is 16.5. The maximum absolute atomic E-state index is 12.5. The molecule has 0 bridgehead atoms. The Hall–Kier alpha value is -2.56. The Labute approximate surface area is 115 Å². The highest BCUT2D eigenvalue weighted by Crippen LogP contribution is 2.37. The van der Waals surface area contributed by atoms with E-state index in [1.165, 1.54) is 19.2 Å². The number of benzene rings is 1. The molecule has 0 saturated heterocycles. The Morgan fingerprint density at radius 3 is 2.70 bits per heavy atom. The molecule has 0 fully saturated rings. The minimum absolute atomic E-state index is 0.0195. The van der Waals surface area contributed by atoms with Crippen molar-refractivity contribution >= 4 is 11.6 Å². The SMILES string of the molecule is COc1cc(O)c2c(c1)C(=O)C1=C(COC(C)=C1)C2=O. The first kappa shape index (κ1) is 12.5. The second kappa shape index (κ2) is 4.23. The first-order valence-electron chi connectivity index (χ1n) is 6.07. The molecular weight excluding hydrogens is 260 g/mol. The minimum atomic E-state index is -0.376. The summed E-state index contributed by atoms with van der Waals surface area (Å²) < 4.78 is 10.3. The molecule has 1 aliphatic carbocycles. The molecule has 20 heavy (non-hydrogen) atoms. The summed E-state index contributed by atoms with van der Waals surface area (Å²) >= 11 is 0. The fourth-order valence-electron chi connectivity index (χ4n) is 2.42. The normalized spacial score (nSPS) is 17.2. The van der Waals surface area contributed by atoms with Gasteiger partial charge in [-0.05, 0) is 19.1 Å². The lowest BCUT2D eigenvalue weighted by Gasteiger charge is -2.24. The van der Waals surface area contributed by atoms with Gasteiger partial charge >= 0.3 is 0 Å². The van der Waals surface area contributed by atoms with E-state index in [-0.39, 0.29) is 40.6 Å². The van der Waals surface area contributed by atoms with Crippen LogP contribution in [-0.2, 0) is 4.74 Å². The summed E-state index contributed by atoms with van der Waals surface area (Å²) in [5, 5.41) is 9.97. The van der Waals surface area contributed by atoms with Gasteiger partial charge in [-0.2, -0.15) is 0 Å². The average Bonchev–Trinajstić information content (AvgIpc) is 2.43. The van der Waals surface area contributed by atoms with Crippen molar-refractivity contribution in [2.75, 3.05) is 13.7 Å². The van der Waals surface area contributed by atoms with Crippen LogP contribution >= 0.6 is 0 Å². The highest BCUT2D eigenvalue weighted by Gasteiger charge is 2.35. The van der Waals surface area contributed by atoms with Crippen LogP contribution in [0.5, 0.6) is 11.5 Å². The first-order chi connectivity index (χ1) is 9.52. The number of Topliss-reactive ketones (excluding diaryl/α,β-unsaturated/α-hetero) is 2. The molecule has 0 spiro atoms. The van der Waals surface area contributed by atoms with Gasteiger partial charge in [-0.1, -0.05) is 0 Å². The number of hydrogen-bond acceptors (Lipinski definition) is 5. The van der Waals surface area contributed by atoms with E-state index >= 15 is 0 Å².